The van der Waals surface area contributed by atoms with Crippen LogP contribution in [0.1, 0.15) is 28.9 Å². The largest absolute Gasteiger partial charge is 0.345 e. The van der Waals surface area contributed by atoms with Crippen LogP contribution in [0.4, 0.5) is 8.78 Å². The minimum Gasteiger partial charge on any atom is -0.345 e. The number of benzene rings is 1. The number of pyridine rings is 1. The number of carbonyl (C=O) groups excluding carboxylic acids is 1. The average molecular weight is 297 g/mol. The van der Waals surface area contributed by atoms with Crippen LogP contribution in [0.5, 0.6) is 0 Å². The molecular weight excluding hydrogens is 286 g/mol. The number of rotatable bonds is 3. The highest BCUT2D eigenvalue weighted by Crippen LogP contribution is 2.18. The highest BCUT2D eigenvalue weighted by molar-refractivity contribution is 6.29. The summed E-state index contributed by atoms with van der Waals surface area (Å²) in [7, 11) is 0. The van der Waals surface area contributed by atoms with Gasteiger partial charge >= 0.3 is 0 Å². The molecule has 0 radical (unpaired) electrons. The Morgan fingerprint density at radius 2 is 2.05 bits per heavy atom. The first-order valence-electron chi connectivity index (χ1n) is 5.84. The smallest absolute Gasteiger partial charge is 0.251 e. The first kappa shape index (κ1) is 14.4. The molecule has 3 nitrogen and oxygen atoms in total. The molecule has 2 aromatic rings. The minimum atomic E-state index is -0.676. The lowest BCUT2D eigenvalue weighted by molar-refractivity contribution is 0.0939. The first-order valence-corrected chi connectivity index (χ1v) is 6.22. The first-order chi connectivity index (χ1) is 9.47. The summed E-state index contributed by atoms with van der Waals surface area (Å²) in [5.74, 6) is -1.58. The van der Waals surface area contributed by atoms with E-state index in [9.17, 15) is 13.6 Å². The lowest BCUT2D eigenvalue weighted by Crippen LogP contribution is -2.27. The number of nitrogens with zero attached hydrogens (tertiary/aromatic N) is 1. The van der Waals surface area contributed by atoms with E-state index >= 15 is 0 Å². The van der Waals surface area contributed by atoms with E-state index in [0.717, 1.165) is 18.2 Å². The predicted octanol–water partition coefficient (Wildman–Crippen LogP) is 3.50. The minimum absolute atomic E-state index is 0.0819. The van der Waals surface area contributed by atoms with Crippen molar-refractivity contribution in [2.75, 3.05) is 0 Å². The van der Waals surface area contributed by atoms with Crippen molar-refractivity contribution in [1.82, 2.24) is 10.3 Å². The number of nitrogens with one attached hydrogen (secondary N) is 1. The highest BCUT2D eigenvalue weighted by atomic mass is 35.5. The van der Waals surface area contributed by atoms with E-state index in [1.165, 1.54) is 18.3 Å². The molecule has 6 heteroatoms. The van der Waals surface area contributed by atoms with Crippen LogP contribution in [-0.4, -0.2) is 10.9 Å². The van der Waals surface area contributed by atoms with Gasteiger partial charge in [-0.25, -0.2) is 13.8 Å². The zero-order valence-electron chi connectivity index (χ0n) is 10.5. The van der Waals surface area contributed by atoms with Crippen molar-refractivity contribution < 1.29 is 13.6 Å². The molecule has 20 heavy (non-hydrogen) atoms. The van der Waals surface area contributed by atoms with E-state index in [1.807, 2.05) is 0 Å². The van der Waals surface area contributed by atoms with Crippen LogP contribution >= 0.6 is 11.6 Å². The Morgan fingerprint density at radius 3 is 2.75 bits per heavy atom. The molecule has 1 heterocycles. The van der Waals surface area contributed by atoms with Gasteiger partial charge in [-0.05, 0) is 37.3 Å². The van der Waals surface area contributed by atoms with Crippen molar-refractivity contribution in [3.05, 3.63) is 64.4 Å². The summed E-state index contributed by atoms with van der Waals surface area (Å²) >= 11 is 5.69. The lowest BCUT2D eigenvalue weighted by Gasteiger charge is -2.15. The van der Waals surface area contributed by atoms with Gasteiger partial charge in [-0.15, -0.1) is 0 Å². The van der Waals surface area contributed by atoms with Crippen LogP contribution in [0.15, 0.2) is 36.5 Å². The van der Waals surface area contributed by atoms with Gasteiger partial charge in [-0.3, -0.25) is 4.79 Å². The Morgan fingerprint density at radius 1 is 1.30 bits per heavy atom. The molecule has 0 bridgehead atoms. The average Bonchev–Trinajstić information content (AvgIpc) is 2.41. The second kappa shape index (κ2) is 5.96. The summed E-state index contributed by atoms with van der Waals surface area (Å²) < 4.78 is 26.7. The third kappa shape index (κ3) is 3.30. The predicted molar refractivity (Wildman–Crippen MR) is 71.5 cm³/mol. The van der Waals surface area contributed by atoms with Crippen molar-refractivity contribution in [2.45, 2.75) is 13.0 Å². The normalized spacial score (nSPS) is 12.0. The molecule has 1 unspecified atom stereocenters. The van der Waals surface area contributed by atoms with E-state index in [-0.39, 0.29) is 10.7 Å². The Hall–Kier alpha value is -2.01. The molecule has 1 aromatic heterocycles. The van der Waals surface area contributed by atoms with Crippen LogP contribution in [0.3, 0.4) is 0 Å². The third-order valence-corrected chi connectivity index (χ3v) is 2.97. The van der Waals surface area contributed by atoms with E-state index in [0.29, 0.717) is 5.56 Å². The van der Waals surface area contributed by atoms with Crippen LogP contribution in [0, 0.1) is 11.6 Å². The maximum absolute atomic E-state index is 13.6. The molecule has 0 saturated carbocycles. The second-order valence-corrected chi connectivity index (χ2v) is 4.62. The van der Waals surface area contributed by atoms with Crippen molar-refractivity contribution in [3.8, 4) is 0 Å². The molecule has 0 spiro atoms. The summed E-state index contributed by atoms with van der Waals surface area (Å²) in [6, 6.07) is 5.30. The van der Waals surface area contributed by atoms with Crippen molar-refractivity contribution in [1.29, 1.82) is 0 Å². The maximum Gasteiger partial charge on any atom is 0.251 e. The van der Waals surface area contributed by atoms with E-state index < -0.39 is 23.6 Å². The summed E-state index contributed by atoms with van der Waals surface area (Å²) in [5.41, 5.74) is 0.382. The van der Waals surface area contributed by atoms with Gasteiger partial charge in [0.15, 0.2) is 0 Å². The molecular formula is C14H11ClF2N2O. The molecule has 0 saturated heterocycles. The van der Waals surface area contributed by atoms with Gasteiger partial charge in [0.25, 0.3) is 5.91 Å². The van der Waals surface area contributed by atoms with E-state index in [2.05, 4.69) is 10.3 Å². The number of carbonyl (C=O) groups is 1. The molecule has 0 aliphatic carbocycles. The Bertz CT molecular complexity index is 649. The van der Waals surface area contributed by atoms with Gasteiger partial charge < -0.3 is 5.32 Å². The topological polar surface area (TPSA) is 42.0 Å². The van der Waals surface area contributed by atoms with Gasteiger partial charge in [-0.2, -0.15) is 0 Å². The fourth-order valence-electron chi connectivity index (χ4n) is 1.75. The molecule has 1 amide bonds. The van der Waals surface area contributed by atoms with Crippen molar-refractivity contribution in [3.63, 3.8) is 0 Å². The number of amides is 1. The lowest BCUT2D eigenvalue weighted by atomic mass is 10.1. The molecule has 104 valence electrons. The maximum atomic E-state index is 13.6. The Kier molecular flexibility index (Phi) is 4.29. The van der Waals surface area contributed by atoms with Gasteiger partial charge in [0.2, 0.25) is 0 Å². The van der Waals surface area contributed by atoms with Crippen LogP contribution in [0.25, 0.3) is 0 Å². The summed E-state index contributed by atoms with van der Waals surface area (Å²) in [4.78, 5) is 15.7. The second-order valence-electron chi connectivity index (χ2n) is 4.23. The molecule has 0 aliphatic heterocycles. The Labute approximate surface area is 119 Å². The zero-order valence-corrected chi connectivity index (χ0v) is 11.3. The standard InChI is InChI=1S/C14H11ClF2N2O/c1-8(11-7-10(16)2-3-12(11)17)19-14(20)9-4-5-18-13(15)6-9/h2-8H,1H3,(H,19,20). The van der Waals surface area contributed by atoms with Crippen LogP contribution < -0.4 is 5.32 Å². The number of aromatic nitrogens is 1. The van der Waals surface area contributed by atoms with Gasteiger partial charge in [-0.1, -0.05) is 11.6 Å². The van der Waals surface area contributed by atoms with Crippen molar-refractivity contribution >= 4 is 17.5 Å². The number of hydrogen-bond donors (Lipinski definition) is 1. The number of hydrogen-bond acceptors (Lipinski definition) is 2. The molecule has 2 rings (SSSR count). The Balaban J connectivity index is 2.17. The van der Waals surface area contributed by atoms with E-state index in [4.69, 9.17) is 11.6 Å². The van der Waals surface area contributed by atoms with Crippen LogP contribution in [0.2, 0.25) is 5.15 Å². The zero-order chi connectivity index (χ0) is 14.7. The SMILES string of the molecule is CC(NC(=O)c1ccnc(Cl)c1)c1cc(F)ccc1F. The third-order valence-electron chi connectivity index (χ3n) is 2.76. The summed E-state index contributed by atoms with van der Waals surface area (Å²) in [6.45, 7) is 1.57. The van der Waals surface area contributed by atoms with E-state index in [1.54, 1.807) is 6.92 Å². The molecule has 1 N–H and O–H groups in total. The quantitative estimate of drug-likeness (QED) is 0.881. The van der Waals surface area contributed by atoms with Gasteiger partial charge in [0, 0.05) is 17.3 Å². The van der Waals surface area contributed by atoms with Crippen molar-refractivity contribution in [2.24, 2.45) is 0 Å². The monoisotopic (exact) mass is 296 g/mol. The molecule has 0 fully saturated rings. The fourth-order valence-corrected chi connectivity index (χ4v) is 1.92. The summed E-state index contributed by atoms with van der Waals surface area (Å²) in [6.07, 6.45) is 1.39. The fraction of sp³-hybridized carbons (Fsp3) is 0.143. The molecule has 1 aromatic carbocycles. The highest BCUT2D eigenvalue weighted by Gasteiger charge is 2.15. The number of halogens is 3. The van der Waals surface area contributed by atoms with Gasteiger partial charge in [0.05, 0.1) is 6.04 Å². The van der Waals surface area contributed by atoms with Gasteiger partial charge in [0.1, 0.15) is 16.8 Å². The van der Waals surface area contributed by atoms with Crippen LogP contribution in [-0.2, 0) is 0 Å². The molecule has 1 atom stereocenters. The summed E-state index contributed by atoms with van der Waals surface area (Å²) in [5, 5.41) is 2.76. The molecule has 0 aliphatic rings.